The summed E-state index contributed by atoms with van der Waals surface area (Å²) < 4.78 is 0. The summed E-state index contributed by atoms with van der Waals surface area (Å²) in [5.74, 6) is -0.180. The Bertz CT molecular complexity index is 479. The van der Waals surface area contributed by atoms with Gasteiger partial charge in [0.2, 0.25) is 5.91 Å². The van der Waals surface area contributed by atoms with E-state index in [1.165, 1.54) is 16.2 Å². The average molecular weight is 298 g/mol. The Morgan fingerprint density at radius 2 is 2.05 bits per heavy atom. The Kier molecular flexibility index (Phi) is 5.50. The number of rotatable bonds is 4. The lowest BCUT2D eigenvalue weighted by Gasteiger charge is -2.23. The van der Waals surface area contributed by atoms with Gasteiger partial charge in [-0.2, -0.15) is 0 Å². The minimum Gasteiger partial charge on any atom is -0.350 e. The maximum Gasteiger partial charge on any atom is 0.317 e. The van der Waals surface area contributed by atoms with E-state index in [4.69, 9.17) is 0 Å². The normalized spacial score (nSPS) is 11.1. The van der Waals surface area contributed by atoms with Crippen LogP contribution in [0.15, 0.2) is 5.38 Å². The summed E-state index contributed by atoms with van der Waals surface area (Å²) in [7, 11) is 1.59. The van der Waals surface area contributed by atoms with Crippen LogP contribution in [0.5, 0.6) is 0 Å². The van der Waals surface area contributed by atoms with Crippen molar-refractivity contribution in [3.05, 3.63) is 16.1 Å². The second-order valence-corrected chi connectivity index (χ2v) is 6.64. The van der Waals surface area contributed by atoms with Gasteiger partial charge in [0.15, 0.2) is 0 Å². The van der Waals surface area contributed by atoms with Crippen molar-refractivity contribution >= 4 is 23.3 Å². The fourth-order valence-corrected chi connectivity index (χ4v) is 2.23. The first kappa shape index (κ1) is 16.4. The number of aromatic nitrogens is 1. The lowest BCUT2D eigenvalue weighted by molar-refractivity contribution is -0.122. The van der Waals surface area contributed by atoms with Crippen LogP contribution < -0.4 is 10.6 Å². The second kappa shape index (κ2) is 6.69. The summed E-state index contributed by atoms with van der Waals surface area (Å²) in [6.07, 6.45) is 0. The van der Waals surface area contributed by atoms with E-state index >= 15 is 0 Å². The van der Waals surface area contributed by atoms with Gasteiger partial charge in [-0.15, -0.1) is 11.3 Å². The zero-order chi connectivity index (χ0) is 15.3. The van der Waals surface area contributed by atoms with Gasteiger partial charge in [0.1, 0.15) is 11.6 Å². The summed E-state index contributed by atoms with van der Waals surface area (Å²) >= 11 is 1.50. The topological polar surface area (TPSA) is 74.3 Å². The van der Waals surface area contributed by atoms with Gasteiger partial charge in [0.05, 0.1) is 6.54 Å². The summed E-state index contributed by atoms with van der Waals surface area (Å²) in [4.78, 5) is 29.2. The molecule has 0 spiro atoms. The molecule has 7 heteroatoms. The summed E-state index contributed by atoms with van der Waals surface area (Å²) in [5.41, 5.74) is 0.643. The molecule has 0 fully saturated rings. The van der Waals surface area contributed by atoms with Gasteiger partial charge in [-0.1, -0.05) is 0 Å². The molecule has 1 rings (SSSR count). The molecule has 1 aromatic rings. The number of amides is 3. The average Bonchev–Trinajstić information content (AvgIpc) is 2.69. The number of likely N-dealkylation sites (N-methyl/N-ethyl adjacent to an activating group) is 1. The number of aryl methyl sites for hydroxylation is 1. The van der Waals surface area contributed by atoms with Crippen molar-refractivity contribution in [2.45, 2.75) is 39.8 Å². The predicted octanol–water partition coefficient (Wildman–Crippen LogP) is 1.51. The number of urea groups is 1. The molecule has 0 aromatic carbocycles. The van der Waals surface area contributed by atoms with Crippen molar-refractivity contribution < 1.29 is 9.59 Å². The smallest absolute Gasteiger partial charge is 0.317 e. The molecule has 0 aliphatic rings. The zero-order valence-corrected chi connectivity index (χ0v) is 13.4. The minimum absolute atomic E-state index is 0.0278. The molecule has 0 saturated heterocycles. The van der Waals surface area contributed by atoms with Crippen molar-refractivity contribution in [3.8, 4) is 0 Å². The van der Waals surface area contributed by atoms with Gasteiger partial charge < -0.3 is 15.5 Å². The van der Waals surface area contributed by atoms with Gasteiger partial charge in [0, 0.05) is 23.7 Å². The van der Waals surface area contributed by atoms with E-state index in [-0.39, 0.29) is 24.0 Å². The minimum atomic E-state index is -0.299. The van der Waals surface area contributed by atoms with E-state index in [0.717, 1.165) is 10.7 Å². The van der Waals surface area contributed by atoms with Crippen molar-refractivity contribution in [1.29, 1.82) is 0 Å². The molecule has 6 nitrogen and oxygen atoms in total. The van der Waals surface area contributed by atoms with Crippen LogP contribution in [0.3, 0.4) is 0 Å². The van der Waals surface area contributed by atoms with E-state index in [0.29, 0.717) is 6.54 Å². The number of hydrogen-bond acceptors (Lipinski definition) is 4. The van der Waals surface area contributed by atoms with Crippen molar-refractivity contribution in [2.75, 3.05) is 13.6 Å². The molecule has 0 aliphatic heterocycles. The van der Waals surface area contributed by atoms with E-state index < -0.39 is 0 Å². The van der Waals surface area contributed by atoms with E-state index in [2.05, 4.69) is 15.6 Å². The maximum absolute atomic E-state index is 11.8. The van der Waals surface area contributed by atoms with E-state index in [1.54, 1.807) is 7.05 Å². The van der Waals surface area contributed by atoms with Crippen LogP contribution in [-0.2, 0) is 11.3 Å². The number of carbonyl (C=O) groups is 2. The molecular formula is C13H22N4O2S. The number of nitrogens with zero attached hydrogens (tertiary/aromatic N) is 2. The SMILES string of the molecule is Cc1csc(CNC(=O)N(C)CC(=O)NC(C)(C)C)n1. The summed E-state index contributed by atoms with van der Waals surface area (Å²) in [6, 6.07) is -0.290. The maximum atomic E-state index is 11.8. The monoisotopic (exact) mass is 298 g/mol. The molecule has 0 bridgehead atoms. The summed E-state index contributed by atoms with van der Waals surface area (Å²) in [6.45, 7) is 8.01. The molecule has 2 N–H and O–H groups in total. The Morgan fingerprint density at radius 3 is 2.55 bits per heavy atom. The first-order chi connectivity index (χ1) is 9.17. The molecule has 0 aliphatic carbocycles. The first-order valence-corrected chi connectivity index (χ1v) is 7.26. The summed E-state index contributed by atoms with van der Waals surface area (Å²) in [5, 5.41) is 8.33. The number of carbonyl (C=O) groups excluding carboxylic acids is 2. The predicted molar refractivity (Wildman–Crippen MR) is 79.6 cm³/mol. The second-order valence-electron chi connectivity index (χ2n) is 5.70. The van der Waals surface area contributed by atoms with Crippen molar-refractivity contribution in [2.24, 2.45) is 0 Å². The van der Waals surface area contributed by atoms with Crippen molar-refractivity contribution in [1.82, 2.24) is 20.5 Å². The Balaban J connectivity index is 2.37. The molecule has 20 heavy (non-hydrogen) atoms. The Labute approximate surface area is 123 Å². The highest BCUT2D eigenvalue weighted by Crippen LogP contribution is 2.07. The highest BCUT2D eigenvalue weighted by atomic mass is 32.1. The molecule has 3 amide bonds. The lowest BCUT2D eigenvalue weighted by Crippen LogP contribution is -2.48. The molecule has 0 atom stereocenters. The number of nitrogens with one attached hydrogen (secondary N) is 2. The molecule has 0 saturated carbocycles. The fraction of sp³-hybridized carbons (Fsp3) is 0.615. The Hall–Kier alpha value is -1.63. The van der Waals surface area contributed by atoms with Gasteiger partial charge >= 0.3 is 6.03 Å². The third kappa shape index (κ3) is 6.01. The fourth-order valence-electron chi connectivity index (χ4n) is 1.52. The molecule has 0 radical (unpaired) electrons. The lowest BCUT2D eigenvalue weighted by atomic mass is 10.1. The zero-order valence-electron chi connectivity index (χ0n) is 12.6. The molecule has 0 unspecified atom stereocenters. The van der Waals surface area contributed by atoms with Crippen LogP contribution in [-0.4, -0.2) is 41.0 Å². The van der Waals surface area contributed by atoms with Crippen LogP contribution in [0.4, 0.5) is 4.79 Å². The van der Waals surface area contributed by atoms with Gasteiger partial charge in [-0.25, -0.2) is 9.78 Å². The molecule has 112 valence electrons. The standard InChI is InChI=1S/C13H22N4O2S/c1-9-8-20-11(15-9)6-14-12(19)17(5)7-10(18)16-13(2,3)4/h8H,6-7H2,1-5H3,(H,14,19)(H,16,18). The van der Waals surface area contributed by atoms with Crippen LogP contribution >= 0.6 is 11.3 Å². The van der Waals surface area contributed by atoms with E-state index in [9.17, 15) is 9.59 Å². The number of thiazole rings is 1. The number of hydrogen-bond donors (Lipinski definition) is 2. The largest absolute Gasteiger partial charge is 0.350 e. The van der Waals surface area contributed by atoms with Crippen LogP contribution in [0.1, 0.15) is 31.5 Å². The van der Waals surface area contributed by atoms with E-state index in [1.807, 2.05) is 33.1 Å². The third-order valence-electron chi connectivity index (χ3n) is 2.30. The highest BCUT2D eigenvalue weighted by Gasteiger charge is 2.17. The van der Waals surface area contributed by atoms with Gasteiger partial charge in [0.25, 0.3) is 0 Å². The molecule has 1 heterocycles. The van der Waals surface area contributed by atoms with Crippen LogP contribution in [0.2, 0.25) is 0 Å². The van der Waals surface area contributed by atoms with Crippen LogP contribution in [0, 0.1) is 6.92 Å². The third-order valence-corrected chi connectivity index (χ3v) is 3.27. The van der Waals surface area contributed by atoms with Gasteiger partial charge in [-0.05, 0) is 27.7 Å². The van der Waals surface area contributed by atoms with Crippen molar-refractivity contribution in [3.63, 3.8) is 0 Å². The highest BCUT2D eigenvalue weighted by molar-refractivity contribution is 7.09. The van der Waals surface area contributed by atoms with Gasteiger partial charge in [-0.3, -0.25) is 4.79 Å². The quantitative estimate of drug-likeness (QED) is 0.885. The first-order valence-electron chi connectivity index (χ1n) is 6.38. The molecule has 1 aromatic heterocycles. The van der Waals surface area contributed by atoms with Crippen LogP contribution in [0.25, 0.3) is 0 Å². The molecular weight excluding hydrogens is 276 g/mol. The Morgan fingerprint density at radius 1 is 1.40 bits per heavy atom.